The zero-order chi connectivity index (χ0) is 14.5. The van der Waals surface area contributed by atoms with Crippen LogP contribution in [-0.4, -0.2) is 43.0 Å². The van der Waals surface area contributed by atoms with Crippen LogP contribution in [-0.2, 0) is 14.3 Å². The fourth-order valence-corrected chi connectivity index (χ4v) is 2.09. The number of hydrogen-bond acceptors (Lipinski definition) is 7. The van der Waals surface area contributed by atoms with Crippen molar-refractivity contribution in [2.75, 3.05) is 31.4 Å². The van der Waals surface area contributed by atoms with Gasteiger partial charge in [0.05, 0.1) is 12.7 Å². The second kappa shape index (κ2) is 6.33. The van der Waals surface area contributed by atoms with Crippen molar-refractivity contribution in [1.29, 1.82) is 5.41 Å². The maximum atomic E-state index is 11.5. The van der Waals surface area contributed by atoms with E-state index in [2.05, 4.69) is 15.0 Å². The molecule has 108 valence electrons. The summed E-state index contributed by atoms with van der Waals surface area (Å²) < 4.78 is 9.86. The zero-order valence-electron chi connectivity index (χ0n) is 11.3. The van der Waals surface area contributed by atoms with Crippen LogP contribution in [0.4, 0.5) is 11.5 Å². The minimum Gasteiger partial charge on any atom is -0.464 e. The third-order valence-electron chi connectivity index (χ3n) is 3.18. The van der Waals surface area contributed by atoms with Crippen molar-refractivity contribution >= 4 is 23.2 Å². The summed E-state index contributed by atoms with van der Waals surface area (Å²) in [7, 11) is 1.23. The molecule has 0 bridgehead atoms. The molecule has 4 N–H and O–H groups in total. The summed E-state index contributed by atoms with van der Waals surface area (Å²) in [5.74, 6) is -0.299. The third-order valence-corrected chi connectivity index (χ3v) is 3.18. The van der Waals surface area contributed by atoms with Gasteiger partial charge >= 0.3 is 5.97 Å². The molecule has 0 aliphatic carbocycles. The summed E-state index contributed by atoms with van der Waals surface area (Å²) >= 11 is 0. The number of ether oxygens (including phenoxy) is 2. The molecule has 2 rings (SSSR count). The average molecular weight is 278 g/mol. The highest BCUT2D eigenvalue weighted by molar-refractivity contribution is 6.44. The summed E-state index contributed by atoms with van der Waals surface area (Å²) in [6.07, 6.45) is 3.24. The summed E-state index contributed by atoms with van der Waals surface area (Å²) in [6.45, 7) is 1.37. The lowest BCUT2D eigenvalue weighted by Gasteiger charge is -2.25. The van der Waals surface area contributed by atoms with Crippen molar-refractivity contribution in [1.82, 2.24) is 4.98 Å². The van der Waals surface area contributed by atoms with Crippen LogP contribution < -0.4 is 11.1 Å². The van der Waals surface area contributed by atoms with Crippen molar-refractivity contribution in [2.45, 2.75) is 18.9 Å². The predicted octanol–water partition coefficient (Wildman–Crippen LogP) is 0.796. The Bertz CT molecular complexity index is 512. The van der Waals surface area contributed by atoms with E-state index in [0.29, 0.717) is 24.7 Å². The zero-order valence-corrected chi connectivity index (χ0v) is 11.3. The van der Waals surface area contributed by atoms with Gasteiger partial charge < -0.3 is 20.5 Å². The lowest BCUT2D eigenvalue weighted by Crippen LogP contribution is -2.30. The molecule has 1 aromatic heterocycles. The van der Waals surface area contributed by atoms with Gasteiger partial charge in [-0.15, -0.1) is 0 Å². The molecule has 1 saturated heterocycles. The summed E-state index contributed by atoms with van der Waals surface area (Å²) in [4.78, 5) is 15.7. The standard InChI is InChI=1S/C13H18N4O3/c1-19-13(18)11(15)10-9(14)2-5-16-12(10)17-8-3-6-20-7-4-8/h2,5,8,15H,3-4,6-7H2,1H3,(H3,14,16,17). The number of carbonyl (C=O) groups excluding carboxylic acids is 1. The molecule has 0 radical (unpaired) electrons. The molecule has 0 spiro atoms. The lowest BCUT2D eigenvalue weighted by atomic mass is 10.1. The lowest BCUT2D eigenvalue weighted by molar-refractivity contribution is -0.132. The Kier molecular flexibility index (Phi) is 4.52. The molecule has 0 amide bonds. The first-order valence-electron chi connectivity index (χ1n) is 6.39. The summed E-state index contributed by atoms with van der Waals surface area (Å²) in [5, 5.41) is 11.1. The second-order valence-corrected chi connectivity index (χ2v) is 4.52. The van der Waals surface area contributed by atoms with Crippen LogP contribution in [0, 0.1) is 5.41 Å². The Labute approximate surface area is 117 Å². The van der Waals surface area contributed by atoms with Crippen LogP contribution in [0.15, 0.2) is 12.3 Å². The van der Waals surface area contributed by atoms with E-state index in [4.69, 9.17) is 15.9 Å². The maximum Gasteiger partial charge on any atom is 0.356 e. The average Bonchev–Trinajstić information content (AvgIpc) is 2.47. The van der Waals surface area contributed by atoms with Crippen LogP contribution in [0.3, 0.4) is 0 Å². The highest BCUT2D eigenvalue weighted by atomic mass is 16.5. The largest absolute Gasteiger partial charge is 0.464 e. The van der Waals surface area contributed by atoms with E-state index in [-0.39, 0.29) is 17.3 Å². The molecule has 2 heterocycles. The Balaban J connectivity index is 2.25. The molecular weight excluding hydrogens is 260 g/mol. The molecule has 0 saturated carbocycles. The maximum absolute atomic E-state index is 11.5. The second-order valence-electron chi connectivity index (χ2n) is 4.52. The van der Waals surface area contributed by atoms with Crippen molar-refractivity contribution in [2.24, 2.45) is 0 Å². The predicted molar refractivity (Wildman–Crippen MR) is 75.0 cm³/mol. The first-order chi connectivity index (χ1) is 9.63. The van der Waals surface area contributed by atoms with E-state index in [9.17, 15) is 4.79 Å². The smallest absolute Gasteiger partial charge is 0.356 e. The summed E-state index contributed by atoms with van der Waals surface area (Å²) in [5.41, 5.74) is 6.18. The van der Waals surface area contributed by atoms with E-state index < -0.39 is 5.97 Å². The van der Waals surface area contributed by atoms with Crippen molar-refractivity contribution < 1.29 is 14.3 Å². The Morgan fingerprint density at radius 2 is 2.25 bits per heavy atom. The van der Waals surface area contributed by atoms with Crippen LogP contribution in [0.5, 0.6) is 0 Å². The van der Waals surface area contributed by atoms with Crippen molar-refractivity contribution in [3.63, 3.8) is 0 Å². The van der Waals surface area contributed by atoms with E-state index >= 15 is 0 Å². The number of esters is 1. The van der Waals surface area contributed by atoms with Gasteiger partial charge in [0, 0.05) is 31.1 Å². The topological polar surface area (TPSA) is 110 Å². The molecule has 7 nitrogen and oxygen atoms in total. The van der Waals surface area contributed by atoms with E-state index in [1.807, 2.05) is 0 Å². The highest BCUT2D eigenvalue weighted by Gasteiger charge is 2.22. The van der Waals surface area contributed by atoms with Gasteiger partial charge in [-0.3, -0.25) is 5.41 Å². The number of methoxy groups -OCH3 is 1. The molecule has 0 unspecified atom stereocenters. The minimum absolute atomic E-state index is 0.197. The third kappa shape index (κ3) is 3.05. The minimum atomic E-state index is -0.736. The number of carbonyl (C=O) groups is 1. The van der Waals surface area contributed by atoms with Crippen LogP contribution in [0.2, 0.25) is 0 Å². The number of nitrogen functional groups attached to an aromatic ring is 1. The van der Waals surface area contributed by atoms with Crippen LogP contribution in [0.25, 0.3) is 0 Å². The molecule has 0 aromatic carbocycles. The van der Waals surface area contributed by atoms with E-state index in [1.54, 1.807) is 12.3 Å². The van der Waals surface area contributed by atoms with Gasteiger partial charge in [-0.2, -0.15) is 0 Å². The molecule has 0 atom stereocenters. The molecule has 1 aliphatic heterocycles. The van der Waals surface area contributed by atoms with Gasteiger partial charge in [-0.1, -0.05) is 0 Å². The van der Waals surface area contributed by atoms with Gasteiger partial charge in [0.2, 0.25) is 0 Å². The molecule has 20 heavy (non-hydrogen) atoms. The molecule has 1 aliphatic rings. The van der Waals surface area contributed by atoms with Crippen molar-refractivity contribution in [3.05, 3.63) is 17.8 Å². The number of anilines is 2. The number of rotatable bonds is 4. The highest BCUT2D eigenvalue weighted by Crippen LogP contribution is 2.23. The molecule has 1 aromatic rings. The van der Waals surface area contributed by atoms with Gasteiger partial charge in [0.15, 0.2) is 5.71 Å². The fourth-order valence-electron chi connectivity index (χ4n) is 2.09. The van der Waals surface area contributed by atoms with Gasteiger partial charge in [0.1, 0.15) is 5.82 Å². The van der Waals surface area contributed by atoms with Gasteiger partial charge in [-0.25, -0.2) is 9.78 Å². The number of nitrogens with two attached hydrogens (primary N) is 1. The first-order valence-corrected chi connectivity index (χ1v) is 6.39. The molecule has 7 heteroatoms. The first kappa shape index (κ1) is 14.3. The van der Waals surface area contributed by atoms with Gasteiger partial charge in [-0.05, 0) is 18.9 Å². The van der Waals surface area contributed by atoms with Crippen LogP contribution >= 0.6 is 0 Å². The van der Waals surface area contributed by atoms with Gasteiger partial charge in [0.25, 0.3) is 0 Å². The molecular formula is C13H18N4O3. The quantitative estimate of drug-likeness (QED) is 0.555. The monoisotopic (exact) mass is 278 g/mol. The number of hydrogen-bond donors (Lipinski definition) is 3. The van der Waals surface area contributed by atoms with Crippen LogP contribution in [0.1, 0.15) is 18.4 Å². The Morgan fingerprint density at radius 3 is 2.90 bits per heavy atom. The Morgan fingerprint density at radius 1 is 1.55 bits per heavy atom. The van der Waals surface area contributed by atoms with E-state index in [0.717, 1.165) is 12.8 Å². The molecule has 1 fully saturated rings. The number of nitrogens with one attached hydrogen (secondary N) is 2. The SMILES string of the molecule is COC(=O)C(=N)c1c(N)ccnc1NC1CCOCC1. The number of nitrogens with zero attached hydrogens (tertiary/aromatic N) is 1. The number of pyridine rings is 1. The normalized spacial score (nSPS) is 15.7. The number of aromatic nitrogens is 1. The van der Waals surface area contributed by atoms with E-state index in [1.165, 1.54) is 7.11 Å². The Hall–Kier alpha value is -2.15. The fraction of sp³-hybridized carbons (Fsp3) is 0.462. The van der Waals surface area contributed by atoms with Crippen molar-refractivity contribution in [3.8, 4) is 0 Å². The summed E-state index contributed by atoms with van der Waals surface area (Å²) in [6, 6.07) is 1.75.